The highest BCUT2D eigenvalue weighted by Gasteiger charge is 2.26. The Morgan fingerprint density at radius 3 is 3.00 bits per heavy atom. The zero-order valence-corrected chi connectivity index (χ0v) is 10.8. The van der Waals surface area contributed by atoms with Crippen molar-refractivity contribution in [2.75, 3.05) is 13.2 Å². The smallest absolute Gasteiger partial charge is 0.319 e. The first-order valence-electron chi connectivity index (χ1n) is 6.66. The standard InChI is InChI=1S/C13H21N3O2/c1-2-17-12-7-8-15-13(16-12)18-11-6-4-3-5-10(11)9-14/h7-8,10-11H,2-6,9,14H2,1H3. The van der Waals surface area contributed by atoms with Crippen LogP contribution in [0.25, 0.3) is 0 Å². The van der Waals surface area contributed by atoms with E-state index in [-0.39, 0.29) is 6.10 Å². The van der Waals surface area contributed by atoms with Gasteiger partial charge in [-0.2, -0.15) is 4.98 Å². The van der Waals surface area contributed by atoms with E-state index in [9.17, 15) is 0 Å². The topological polar surface area (TPSA) is 70.3 Å². The second-order valence-electron chi connectivity index (χ2n) is 4.55. The van der Waals surface area contributed by atoms with Crippen LogP contribution in [0.15, 0.2) is 12.3 Å². The van der Waals surface area contributed by atoms with E-state index in [0.29, 0.717) is 31.0 Å². The molecule has 0 aromatic carbocycles. The quantitative estimate of drug-likeness (QED) is 0.863. The molecule has 0 radical (unpaired) electrons. The van der Waals surface area contributed by atoms with Gasteiger partial charge in [0.05, 0.1) is 6.61 Å². The zero-order valence-electron chi connectivity index (χ0n) is 10.8. The van der Waals surface area contributed by atoms with E-state index in [2.05, 4.69) is 9.97 Å². The van der Waals surface area contributed by atoms with Crippen molar-refractivity contribution in [2.24, 2.45) is 11.7 Å². The zero-order chi connectivity index (χ0) is 12.8. The SMILES string of the molecule is CCOc1ccnc(OC2CCCCC2CN)n1. The fourth-order valence-electron chi connectivity index (χ4n) is 2.34. The summed E-state index contributed by atoms with van der Waals surface area (Å²) >= 11 is 0. The van der Waals surface area contributed by atoms with Crippen molar-refractivity contribution >= 4 is 0 Å². The van der Waals surface area contributed by atoms with Crippen LogP contribution in [0.3, 0.4) is 0 Å². The molecule has 1 aliphatic carbocycles. The molecule has 2 unspecified atom stereocenters. The van der Waals surface area contributed by atoms with Gasteiger partial charge < -0.3 is 15.2 Å². The Balaban J connectivity index is 2.00. The molecule has 5 nitrogen and oxygen atoms in total. The van der Waals surface area contributed by atoms with Gasteiger partial charge in [-0.3, -0.25) is 0 Å². The van der Waals surface area contributed by atoms with Crippen LogP contribution in [0.2, 0.25) is 0 Å². The van der Waals surface area contributed by atoms with Gasteiger partial charge in [0.1, 0.15) is 6.10 Å². The molecule has 2 atom stereocenters. The first-order valence-corrected chi connectivity index (χ1v) is 6.66. The van der Waals surface area contributed by atoms with E-state index < -0.39 is 0 Å². The lowest BCUT2D eigenvalue weighted by atomic mass is 9.86. The average Bonchev–Trinajstić information content (AvgIpc) is 2.40. The van der Waals surface area contributed by atoms with Crippen molar-refractivity contribution in [3.8, 4) is 11.9 Å². The second kappa shape index (κ2) is 6.54. The normalized spacial score (nSPS) is 23.7. The molecule has 1 saturated carbocycles. The molecule has 0 aliphatic heterocycles. The van der Waals surface area contributed by atoms with E-state index in [1.54, 1.807) is 12.3 Å². The first-order chi connectivity index (χ1) is 8.83. The summed E-state index contributed by atoms with van der Waals surface area (Å²) in [5.74, 6) is 0.973. The molecular weight excluding hydrogens is 230 g/mol. The van der Waals surface area contributed by atoms with Crippen LogP contribution in [-0.4, -0.2) is 29.2 Å². The average molecular weight is 251 g/mol. The summed E-state index contributed by atoms with van der Waals surface area (Å²) in [6.45, 7) is 3.18. The summed E-state index contributed by atoms with van der Waals surface area (Å²) in [4.78, 5) is 8.36. The van der Waals surface area contributed by atoms with Gasteiger partial charge in [0.25, 0.3) is 0 Å². The van der Waals surface area contributed by atoms with E-state index >= 15 is 0 Å². The van der Waals surface area contributed by atoms with Gasteiger partial charge in [-0.05, 0) is 32.7 Å². The predicted molar refractivity (Wildman–Crippen MR) is 68.6 cm³/mol. The second-order valence-corrected chi connectivity index (χ2v) is 4.55. The summed E-state index contributed by atoms with van der Waals surface area (Å²) in [6, 6.07) is 2.13. The van der Waals surface area contributed by atoms with Gasteiger partial charge in [0.2, 0.25) is 5.88 Å². The summed E-state index contributed by atoms with van der Waals surface area (Å²) in [5.41, 5.74) is 5.78. The van der Waals surface area contributed by atoms with Gasteiger partial charge in [0.15, 0.2) is 0 Å². The Morgan fingerprint density at radius 2 is 2.22 bits per heavy atom. The molecule has 0 bridgehead atoms. The Hall–Kier alpha value is -1.36. The predicted octanol–water partition coefficient (Wildman–Crippen LogP) is 1.77. The summed E-state index contributed by atoms with van der Waals surface area (Å²) < 4.78 is 11.2. The third-order valence-electron chi connectivity index (χ3n) is 3.30. The van der Waals surface area contributed by atoms with Gasteiger partial charge in [-0.25, -0.2) is 4.98 Å². The number of ether oxygens (including phenoxy) is 2. The third kappa shape index (κ3) is 3.32. The van der Waals surface area contributed by atoms with Crippen LogP contribution in [0, 0.1) is 5.92 Å². The Labute approximate surface area is 108 Å². The Bertz CT molecular complexity index is 373. The van der Waals surface area contributed by atoms with E-state index in [0.717, 1.165) is 12.8 Å². The minimum Gasteiger partial charge on any atom is -0.478 e. The molecule has 1 aromatic heterocycles. The summed E-state index contributed by atoms with van der Waals surface area (Å²) in [5, 5.41) is 0. The summed E-state index contributed by atoms with van der Waals surface area (Å²) in [7, 11) is 0. The van der Waals surface area contributed by atoms with Crippen molar-refractivity contribution in [2.45, 2.75) is 38.7 Å². The van der Waals surface area contributed by atoms with Crippen molar-refractivity contribution in [1.82, 2.24) is 9.97 Å². The number of hydrogen-bond donors (Lipinski definition) is 1. The highest BCUT2D eigenvalue weighted by Crippen LogP contribution is 2.26. The number of nitrogens with zero attached hydrogens (tertiary/aromatic N) is 2. The van der Waals surface area contributed by atoms with Crippen molar-refractivity contribution < 1.29 is 9.47 Å². The maximum Gasteiger partial charge on any atom is 0.319 e. The van der Waals surface area contributed by atoms with Gasteiger partial charge in [-0.1, -0.05) is 6.42 Å². The lowest BCUT2D eigenvalue weighted by Gasteiger charge is -2.30. The molecule has 0 spiro atoms. The molecule has 1 fully saturated rings. The third-order valence-corrected chi connectivity index (χ3v) is 3.30. The molecule has 100 valence electrons. The van der Waals surface area contributed by atoms with Gasteiger partial charge in [-0.15, -0.1) is 0 Å². The lowest BCUT2D eigenvalue weighted by Crippen LogP contribution is -2.35. The van der Waals surface area contributed by atoms with Crippen LogP contribution in [0.5, 0.6) is 11.9 Å². The van der Waals surface area contributed by atoms with E-state index in [4.69, 9.17) is 15.2 Å². The maximum atomic E-state index is 5.86. The van der Waals surface area contributed by atoms with Gasteiger partial charge in [0, 0.05) is 18.2 Å². The molecule has 5 heteroatoms. The van der Waals surface area contributed by atoms with Crippen LogP contribution in [-0.2, 0) is 0 Å². The molecule has 0 amide bonds. The molecule has 2 rings (SSSR count). The highest BCUT2D eigenvalue weighted by atomic mass is 16.5. The molecular formula is C13H21N3O2. The van der Waals surface area contributed by atoms with Crippen LogP contribution in [0.1, 0.15) is 32.6 Å². The van der Waals surface area contributed by atoms with E-state index in [1.807, 2.05) is 6.92 Å². The van der Waals surface area contributed by atoms with Crippen molar-refractivity contribution in [3.63, 3.8) is 0 Å². The number of hydrogen-bond acceptors (Lipinski definition) is 5. The largest absolute Gasteiger partial charge is 0.478 e. The molecule has 18 heavy (non-hydrogen) atoms. The molecule has 2 N–H and O–H groups in total. The van der Waals surface area contributed by atoms with Crippen LogP contribution < -0.4 is 15.2 Å². The molecule has 1 aromatic rings. The monoisotopic (exact) mass is 251 g/mol. The lowest BCUT2D eigenvalue weighted by molar-refractivity contribution is 0.0862. The Morgan fingerprint density at radius 1 is 1.39 bits per heavy atom. The van der Waals surface area contributed by atoms with Gasteiger partial charge >= 0.3 is 6.01 Å². The number of rotatable bonds is 5. The highest BCUT2D eigenvalue weighted by molar-refractivity contribution is 5.11. The summed E-state index contributed by atoms with van der Waals surface area (Å²) in [6.07, 6.45) is 6.39. The van der Waals surface area contributed by atoms with Crippen LogP contribution in [0.4, 0.5) is 0 Å². The van der Waals surface area contributed by atoms with E-state index in [1.165, 1.54) is 12.8 Å². The number of aromatic nitrogens is 2. The number of nitrogens with two attached hydrogens (primary N) is 1. The van der Waals surface area contributed by atoms with Crippen molar-refractivity contribution in [1.29, 1.82) is 0 Å². The van der Waals surface area contributed by atoms with Crippen molar-refractivity contribution in [3.05, 3.63) is 12.3 Å². The minimum absolute atomic E-state index is 0.139. The molecule has 0 saturated heterocycles. The fraction of sp³-hybridized carbons (Fsp3) is 0.692. The molecule has 1 aliphatic rings. The first kappa shape index (κ1) is 13.1. The Kier molecular flexibility index (Phi) is 4.75. The molecule has 1 heterocycles. The minimum atomic E-state index is 0.139. The fourth-order valence-corrected chi connectivity index (χ4v) is 2.34. The van der Waals surface area contributed by atoms with Crippen LogP contribution >= 0.6 is 0 Å². The maximum absolute atomic E-state index is 5.86.